The third-order valence-corrected chi connectivity index (χ3v) is 5.98. The molecule has 4 rings (SSSR count). The number of ether oxygens (including phenoxy) is 2. The molecule has 2 N–H and O–H groups in total. The lowest BCUT2D eigenvalue weighted by Gasteiger charge is -2.13. The number of halogens is 3. The van der Waals surface area contributed by atoms with Crippen molar-refractivity contribution in [1.82, 2.24) is 10.2 Å². The van der Waals surface area contributed by atoms with E-state index >= 15 is 0 Å². The summed E-state index contributed by atoms with van der Waals surface area (Å²) < 4.78 is 25.4. The summed E-state index contributed by atoms with van der Waals surface area (Å²) in [5, 5.41) is 5.79. The average Bonchev–Trinajstić information content (AvgIpc) is 3.13. The number of nitrogens with zero attached hydrogens (tertiary/aromatic N) is 1. The van der Waals surface area contributed by atoms with E-state index in [1.807, 2.05) is 6.92 Å². The quantitative estimate of drug-likeness (QED) is 0.262. The van der Waals surface area contributed by atoms with Crippen LogP contribution in [0.25, 0.3) is 6.08 Å². The lowest BCUT2D eigenvalue weighted by Crippen LogP contribution is -2.38. The average molecular weight is 558 g/mol. The zero-order valence-electron chi connectivity index (χ0n) is 20.1. The lowest BCUT2D eigenvalue weighted by molar-refractivity contribution is -0.127. The van der Waals surface area contributed by atoms with Crippen LogP contribution in [0.3, 0.4) is 0 Å². The Morgan fingerprint density at radius 1 is 1.05 bits per heavy atom. The first-order valence-corrected chi connectivity index (χ1v) is 12.2. The predicted molar refractivity (Wildman–Crippen MR) is 142 cm³/mol. The van der Waals surface area contributed by atoms with Crippen LogP contribution in [0.5, 0.6) is 11.5 Å². The van der Waals surface area contributed by atoms with E-state index in [2.05, 4.69) is 10.6 Å². The van der Waals surface area contributed by atoms with Gasteiger partial charge < -0.3 is 20.1 Å². The van der Waals surface area contributed by atoms with Crippen LogP contribution in [0, 0.1) is 5.82 Å². The largest absolute Gasteiger partial charge is 0.490 e. The highest BCUT2D eigenvalue weighted by Crippen LogP contribution is 2.31. The maximum atomic E-state index is 13.8. The molecule has 8 nitrogen and oxygen atoms in total. The Morgan fingerprint density at radius 3 is 2.58 bits per heavy atom. The predicted octanol–water partition coefficient (Wildman–Crippen LogP) is 5.64. The van der Waals surface area contributed by atoms with Gasteiger partial charge in [-0.2, -0.15) is 0 Å². The lowest BCUT2D eigenvalue weighted by atomic mass is 10.1. The summed E-state index contributed by atoms with van der Waals surface area (Å²) in [6.45, 7) is 1.77. The highest BCUT2D eigenvalue weighted by atomic mass is 35.5. The van der Waals surface area contributed by atoms with E-state index in [1.165, 1.54) is 24.3 Å². The molecule has 0 aliphatic carbocycles. The molecule has 0 spiro atoms. The number of carbonyl (C=O) groups is 3. The molecule has 1 aliphatic rings. The Labute approximate surface area is 227 Å². The molecular weight excluding hydrogens is 536 g/mol. The van der Waals surface area contributed by atoms with E-state index in [0.717, 1.165) is 10.5 Å². The third-order valence-electron chi connectivity index (χ3n) is 5.39. The smallest absolute Gasteiger partial charge is 0.329 e. The molecular formula is C27H22Cl2FN3O5. The van der Waals surface area contributed by atoms with E-state index in [1.54, 1.807) is 42.5 Å². The second-order valence-electron chi connectivity index (χ2n) is 8.07. The molecule has 3 aromatic carbocycles. The fourth-order valence-corrected chi connectivity index (χ4v) is 4.04. The zero-order valence-corrected chi connectivity index (χ0v) is 21.6. The standard InChI is InChI=1S/C27H22Cl2FN3O5/c1-2-37-24-12-16(7-10-23(24)38-15-17-8-9-18(28)13-19(17)29)11-22-26(35)33(27(36)32-22)14-25(34)31-21-6-4-3-5-20(21)30/h3-13H,2,14-15H2,1H3,(H,31,34)(H,32,36)/b22-11+. The van der Waals surface area contributed by atoms with Gasteiger partial charge >= 0.3 is 6.03 Å². The van der Waals surface area contributed by atoms with Gasteiger partial charge in [0.25, 0.3) is 5.91 Å². The zero-order chi connectivity index (χ0) is 27.2. The molecule has 1 aliphatic heterocycles. The van der Waals surface area contributed by atoms with Crippen LogP contribution in [0.2, 0.25) is 10.0 Å². The second kappa shape index (κ2) is 12.0. The number of benzene rings is 3. The Kier molecular flexibility index (Phi) is 8.50. The summed E-state index contributed by atoms with van der Waals surface area (Å²) in [6, 6.07) is 14.9. The molecule has 1 heterocycles. The Bertz CT molecular complexity index is 1430. The van der Waals surface area contributed by atoms with Gasteiger partial charge in [0.1, 0.15) is 24.7 Å². The number of amides is 4. The molecule has 0 bridgehead atoms. The van der Waals surface area contributed by atoms with Crippen molar-refractivity contribution in [1.29, 1.82) is 0 Å². The summed E-state index contributed by atoms with van der Waals surface area (Å²) in [4.78, 5) is 38.2. The first kappa shape index (κ1) is 27.0. The number of rotatable bonds is 9. The number of hydrogen-bond donors (Lipinski definition) is 2. The van der Waals surface area contributed by atoms with Gasteiger partial charge in [-0.25, -0.2) is 14.1 Å². The van der Waals surface area contributed by atoms with E-state index in [9.17, 15) is 18.8 Å². The SMILES string of the molecule is CCOc1cc(/C=C2/NC(=O)N(CC(=O)Nc3ccccc3F)C2=O)ccc1OCc1ccc(Cl)cc1Cl. The first-order valence-electron chi connectivity index (χ1n) is 11.5. The topological polar surface area (TPSA) is 97.0 Å². The van der Waals surface area contributed by atoms with Crippen LogP contribution in [-0.2, 0) is 16.2 Å². The summed E-state index contributed by atoms with van der Waals surface area (Å²) in [7, 11) is 0. The Hall–Kier alpha value is -4.08. The molecule has 3 aromatic rings. The highest BCUT2D eigenvalue weighted by molar-refractivity contribution is 6.35. The van der Waals surface area contributed by atoms with E-state index in [4.69, 9.17) is 32.7 Å². The second-order valence-corrected chi connectivity index (χ2v) is 8.91. The number of para-hydroxylation sites is 1. The molecule has 1 saturated heterocycles. The molecule has 4 amide bonds. The molecule has 0 atom stereocenters. The third kappa shape index (κ3) is 6.42. The number of hydrogen-bond acceptors (Lipinski definition) is 5. The normalized spacial score (nSPS) is 14.0. The van der Waals surface area contributed by atoms with Crippen molar-refractivity contribution in [3.05, 3.63) is 93.4 Å². The summed E-state index contributed by atoms with van der Waals surface area (Å²) in [5.74, 6) is -1.18. The van der Waals surface area contributed by atoms with Crippen molar-refractivity contribution in [2.75, 3.05) is 18.5 Å². The molecule has 196 valence electrons. The van der Waals surface area contributed by atoms with Crippen molar-refractivity contribution in [3.63, 3.8) is 0 Å². The monoisotopic (exact) mass is 557 g/mol. The molecule has 1 fully saturated rings. The minimum atomic E-state index is -0.769. The van der Waals surface area contributed by atoms with Crippen LogP contribution < -0.4 is 20.1 Å². The van der Waals surface area contributed by atoms with Crippen molar-refractivity contribution in [3.8, 4) is 11.5 Å². The minimum Gasteiger partial charge on any atom is -0.490 e. The van der Waals surface area contributed by atoms with Crippen LogP contribution in [0.15, 0.2) is 66.4 Å². The van der Waals surface area contributed by atoms with E-state index in [-0.39, 0.29) is 18.0 Å². The number of imide groups is 1. The van der Waals surface area contributed by atoms with Crippen LogP contribution in [0.4, 0.5) is 14.9 Å². The van der Waals surface area contributed by atoms with E-state index < -0.39 is 30.2 Å². The summed E-state index contributed by atoms with van der Waals surface area (Å²) in [5.41, 5.74) is 1.21. The fourth-order valence-electron chi connectivity index (χ4n) is 3.57. The highest BCUT2D eigenvalue weighted by Gasteiger charge is 2.35. The molecule has 0 unspecified atom stereocenters. The van der Waals surface area contributed by atoms with Crippen molar-refractivity contribution < 1.29 is 28.2 Å². The van der Waals surface area contributed by atoms with Crippen LogP contribution in [-0.4, -0.2) is 35.9 Å². The van der Waals surface area contributed by atoms with Gasteiger partial charge in [0, 0.05) is 15.6 Å². The van der Waals surface area contributed by atoms with Gasteiger partial charge in [-0.15, -0.1) is 0 Å². The number of nitrogens with one attached hydrogen (secondary N) is 2. The van der Waals surface area contributed by atoms with Gasteiger partial charge in [-0.05, 0) is 55.0 Å². The van der Waals surface area contributed by atoms with Crippen molar-refractivity contribution >= 4 is 52.8 Å². The van der Waals surface area contributed by atoms with Gasteiger partial charge in [-0.1, -0.05) is 47.5 Å². The van der Waals surface area contributed by atoms with Crippen LogP contribution >= 0.6 is 23.2 Å². The van der Waals surface area contributed by atoms with Gasteiger partial charge in [0.05, 0.1) is 12.3 Å². The van der Waals surface area contributed by atoms with Crippen molar-refractivity contribution in [2.24, 2.45) is 0 Å². The Balaban J connectivity index is 1.46. The van der Waals surface area contributed by atoms with Crippen LogP contribution in [0.1, 0.15) is 18.1 Å². The maximum absolute atomic E-state index is 13.8. The molecule has 38 heavy (non-hydrogen) atoms. The van der Waals surface area contributed by atoms with E-state index in [0.29, 0.717) is 33.7 Å². The number of anilines is 1. The van der Waals surface area contributed by atoms with Gasteiger partial charge in [0.15, 0.2) is 11.5 Å². The molecule has 0 saturated carbocycles. The minimum absolute atomic E-state index is 0.0299. The first-order chi connectivity index (χ1) is 18.2. The van der Waals surface area contributed by atoms with Crippen molar-refractivity contribution in [2.45, 2.75) is 13.5 Å². The Morgan fingerprint density at radius 2 is 1.84 bits per heavy atom. The maximum Gasteiger partial charge on any atom is 0.329 e. The summed E-state index contributed by atoms with van der Waals surface area (Å²) >= 11 is 12.2. The van der Waals surface area contributed by atoms with Gasteiger partial charge in [0.2, 0.25) is 5.91 Å². The fraction of sp³-hybridized carbons (Fsp3) is 0.148. The summed E-state index contributed by atoms with van der Waals surface area (Å²) in [6.07, 6.45) is 1.46. The molecule has 0 aromatic heterocycles. The molecule has 0 radical (unpaired) electrons. The number of urea groups is 1. The van der Waals surface area contributed by atoms with Gasteiger partial charge in [-0.3, -0.25) is 9.59 Å². The number of carbonyl (C=O) groups excluding carboxylic acids is 3. The molecule has 11 heteroatoms.